The van der Waals surface area contributed by atoms with Gasteiger partial charge in [0.1, 0.15) is 11.6 Å². The first-order valence-corrected chi connectivity index (χ1v) is 5.54. The molecule has 1 saturated heterocycles. The highest BCUT2D eigenvalue weighted by Crippen LogP contribution is 2.12. The van der Waals surface area contributed by atoms with E-state index in [1.807, 2.05) is 6.92 Å². The molecule has 2 unspecified atom stereocenters. The Labute approximate surface area is 98.2 Å². The van der Waals surface area contributed by atoms with Gasteiger partial charge in [-0.3, -0.25) is 4.79 Å². The van der Waals surface area contributed by atoms with E-state index in [2.05, 4.69) is 10.6 Å². The summed E-state index contributed by atoms with van der Waals surface area (Å²) in [6.07, 6.45) is 0. The molecule has 1 fully saturated rings. The lowest BCUT2D eigenvalue weighted by Gasteiger charge is -2.16. The molecule has 2 N–H and O–H groups in total. The summed E-state index contributed by atoms with van der Waals surface area (Å²) in [5.41, 5.74) is -0.246. The van der Waals surface area contributed by atoms with Gasteiger partial charge in [0.15, 0.2) is 0 Å². The lowest BCUT2D eigenvalue weighted by Crippen LogP contribution is -2.39. The number of rotatable bonds is 2. The fourth-order valence-corrected chi connectivity index (χ4v) is 1.92. The van der Waals surface area contributed by atoms with Gasteiger partial charge in [-0.1, -0.05) is 6.92 Å². The molecule has 92 valence electrons. The van der Waals surface area contributed by atoms with E-state index in [4.69, 9.17) is 0 Å². The van der Waals surface area contributed by atoms with E-state index in [1.165, 1.54) is 0 Å². The van der Waals surface area contributed by atoms with Crippen LogP contribution in [0.5, 0.6) is 0 Å². The van der Waals surface area contributed by atoms with Crippen LogP contribution in [-0.4, -0.2) is 25.0 Å². The van der Waals surface area contributed by atoms with Crippen LogP contribution < -0.4 is 10.6 Å². The number of carbonyl (C=O) groups excluding carboxylic acids is 1. The third kappa shape index (κ3) is 2.61. The van der Waals surface area contributed by atoms with Crippen molar-refractivity contribution in [3.8, 4) is 0 Å². The minimum absolute atomic E-state index is 0.0369. The minimum atomic E-state index is -0.706. The van der Waals surface area contributed by atoms with Crippen LogP contribution >= 0.6 is 0 Å². The van der Waals surface area contributed by atoms with E-state index >= 15 is 0 Å². The second-order valence-corrected chi connectivity index (χ2v) is 4.34. The van der Waals surface area contributed by atoms with Crippen LogP contribution in [0.2, 0.25) is 0 Å². The molecule has 0 aromatic heterocycles. The molecule has 17 heavy (non-hydrogen) atoms. The van der Waals surface area contributed by atoms with Crippen molar-refractivity contribution in [2.45, 2.75) is 13.0 Å². The van der Waals surface area contributed by atoms with Crippen LogP contribution in [0, 0.1) is 17.6 Å². The molecule has 1 amide bonds. The predicted molar refractivity (Wildman–Crippen MR) is 59.6 cm³/mol. The van der Waals surface area contributed by atoms with Crippen molar-refractivity contribution in [2.24, 2.45) is 5.92 Å². The Morgan fingerprint density at radius 3 is 2.82 bits per heavy atom. The quantitative estimate of drug-likeness (QED) is 0.818. The molecule has 1 aliphatic rings. The summed E-state index contributed by atoms with van der Waals surface area (Å²) < 4.78 is 26.3. The fourth-order valence-electron chi connectivity index (χ4n) is 1.92. The number of amides is 1. The first-order valence-electron chi connectivity index (χ1n) is 5.54. The molecule has 3 nitrogen and oxygen atoms in total. The molecule has 2 rings (SSSR count). The van der Waals surface area contributed by atoms with Gasteiger partial charge in [-0.2, -0.15) is 0 Å². The number of benzene rings is 1. The average Bonchev–Trinajstić information content (AvgIpc) is 2.68. The molecule has 5 heteroatoms. The molecule has 1 aliphatic heterocycles. The number of hydrogen-bond acceptors (Lipinski definition) is 2. The molecule has 0 spiro atoms. The van der Waals surface area contributed by atoms with Gasteiger partial charge in [0.2, 0.25) is 0 Å². The van der Waals surface area contributed by atoms with Crippen molar-refractivity contribution in [3.63, 3.8) is 0 Å². The number of hydrogen-bond donors (Lipinski definition) is 2. The van der Waals surface area contributed by atoms with Crippen molar-refractivity contribution in [2.75, 3.05) is 13.1 Å². The van der Waals surface area contributed by atoms with Crippen LogP contribution in [0.15, 0.2) is 18.2 Å². The second-order valence-electron chi connectivity index (χ2n) is 4.34. The van der Waals surface area contributed by atoms with Gasteiger partial charge in [0.05, 0.1) is 5.56 Å². The summed E-state index contributed by atoms with van der Waals surface area (Å²) in [6.45, 7) is 3.47. The normalized spacial score (nSPS) is 23.7. The van der Waals surface area contributed by atoms with E-state index in [0.717, 1.165) is 24.7 Å². The molecule has 1 aromatic rings. The highest BCUT2D eigenvalue weighted by molar-refractivity contribution is 5.94. The van der Waals surface area contributed by atoms with Gasteiger partial charge in [-0.15, -0.1) is 0 Å². The molecule has 0 aliphatic carbocycles. The zero-order chi connectivity index (χ0) is 12.4. The van der Waals surface area contributed by atoms with Crippen molar-refractivity contribution >= 4 is 5.91 Å². The Morgan fingerprint density at radius 1 is 1.41 bits per heavy atom. The summed E-state index contributed by atoms with van der Waals surface area (Å²) in [5, 5.41) is 5.83. The summed E-state index contributed by atoms with van der Waals surface area (Å²) >= 11 is 0. The Bertz CT molecular complexity index is 437. The van der Waals surface area contributed by atoms with E-state index in [0.29, 0.717) is 6.54 Å². The number of nitrogens with one attached hydrogen (secondary N) is 2. The van der Waals surface area contributed by atoms with Gasteiger partial charge in [0, 0.05) is 12.6 Å². The van der Waals surface area contributed by atoms with Crippen LogP contribution in [0.4, 0.5) is 8.78 Å². The molecule has 2 atom stereocenters. The predicted octanol–water partition coefficient (Wildman–Crippen LogP) is 1.30. The Morgan fingerprint density at radius 2 is 2.18 bits per heavy atom. The molecule has 1 aromatic carbocycles. The monoisotopic (exact) mass is 240 g/mol. The molecule has 0 saturated carbocycles. The van der Waals surface area contributed by atoms with Crippen LogP contribution in [-0.2, 0) is 0 Å². The van der Waals surface area contributed by atoms with Crippen LogP contribution in [0.1, 0.15) is 17.3 Å². The van der Waals surface area contributed by atoms with Gasteiger partial charge in [-0.05, 0) is 30.7 Å². The van der Waals surface area contributed by atoms with E-state index in [-0.39, 0.29) is 17.5 Å². The van der Waals surface area contributed by atoms with Gasteiger partial charge >= 0.3 is 0 Å². The van der Waals surface area contributed by atoms with Gasteiger partial charge in [0.25, 0.3) is 5.91 Å². The maximum Gasteiger partial charge on any atom is 0.254 e. The topological polar surface area (TPSA) is 41.1 Å². The summed E-state index contributed by atoms with van der Waals surface area (Å²) in [6, 6.07) is 2.83. The van der Waals surface area contributed by atoms with Crippen molar-refractivity contribution in [1.82, 2.24) is 10.6 Å². The molecule has 1 heterocycles. The molecular formula is C12H14F2N2O. The van der Waals surface area contributed by atoms with Crippen LogP contribution in [0.3, 0.4) is 0 Å². The molecule has 0 radical (unpaired) electrons. The zero-order valence-electron chi connectivity index (χ0n) is 9.47. The van der Waals surface area contributed by atoms with E-state index < -0.39 is 17.5 Å². The highest BCUT2D eigenvalue weighted by atomic mass is 19.1. The van der Waals surface area contributed by atoms with Crippen molar-refractivity contribution < 1.29 is 13.6 Å². The first kappa shape index (κ1) is 12.0. The smallest absolute Gasteiger partial charge is 0.254 e. The van der Waals surface area contributed by atoms with Crippen molar-refractivity contribution in [3.05, 3.63) is 35.4 Å². The highest BCUT2D eigenvalue weighted by Gasteiger charge is 2.25. The standard InChI is InChI=1S/C12H14F2N2O/c1-7-5-15-6-11(7)16-12(17)9-4-8(13)2-3-10(9)14/h2-4,7,11,15H,5-6H2,1H3,(H,16,17). The van der Waals surface area contributed by atoms with E-state index in [1.54, 1.807) is 0 Å². The average molecular weight is 240 g/mol. The summed E-state index contributed by atoms with van der Waals surface area (Å²) in [4.78, 5) is 11.8. The molecule has 0 bridgehead atoms. The summed E-state index contributed by atoms with van der Waals surface area (Å²) in [5.74, 6) is -1.60. The molecular weight excluding hydrogens is 226 g/mol. The van der Waals surface area contributed by atoms with E-state index in [9.17, 15) is 13.6 Å². The lowest BCUT2D eigenvalue weighted by molar-refractivity contribution is 0.0928. The van der Waals surface area contributed by atoms with Gasteiger partial charge < -0.3 is 10.6 Å². The Hall–Kier alpha value is -1.49. The first-order chi connectivity index (χ1) is 8.08. The zero-order valence-corrected chi connectivity index (χ0v) is 9.47. The largest absolute Gasteiger partial charge is 0.348 e. The van der Waals surface area contributed by atoms with Crippen LogP contribution in [0.25, 0.3) is 0 Å². The second kappa shape index (κ2) is 4.79. The number of carbonyl (C=O) groups is 1. The third-order valence-corrected chi connectivity index (χ3v) is 3.01. The maximum atomic E-state index is 13.3. The van der Waals surface area contributed by atoms with Crippen molar-refractivity contribution in [1.29, 1.82) is 0 Å². The SMILES string of the molecule is CC1CNCC1NC(=O)c1cc(F)ccc1F. The summed E-state index contributed by atoms with van der Waals surface area (Å²) in [7, 11) is 0. The maximum absolute atomic E-state index is 13.3. The Kier molecular flexibility index (Phi) is 3.38. The third-order valence-electron chi connectivity index (χ3n) is 3.01. The lowest BCUT2D eigenvalue weighted by atomic mass is 10.1. The minimum Gasteiger partial charge on any atom is -0.348 e. The fraction of sp³-hybridized carbons (Fsp3) is 0.417. The number of halogens is 2. The van der Waals surface area contributed by atoms with Gasteiger partial charge in [-0.25, -0.2) is 8.78 Å². The Balaban J connectivity index is 2.11.